The fourth-order valence-corrected chi connectivity index (χ4v) is 4.75. The van der Waals surface area contributed by atoms with Crippen molar-refractivity contribution in [1.29, 1.82) is 0 Å². The highest BCUT2D eigenvalue weighted by molar-refractivity contribution is 7.19. The number of hydrogen-bond acceptors (Lipinski definition) is 4. The van der Waals surface area contributed by atoms with E-state index in [9.17, 15) is 4.79 Å². The van der Waals surface area contributed by atoms with Gasteiger partial charge in [0.05, 0.1) is 29.7 Å². The molecule has 2 aromatic carbocycles. The van der Waals surface area contributed by atoms with E-state index in [2.05, 4.69) is 40.1 Å². The molecule has 5 heteroatoms. The van der Waals surface area contributed by atoms with Gasteiger partial charge in [-0.05, 0) is 35.2 Å². The van der Waals surface area contributed by atoms with Crippen LogP contribution in [0.4, 0.5) is 10.7 Å². The van der Waals surface area contributed by atoms with Gasteiger partial charge >= 0.3 is 0 Å². The molecule has 1 fully saturated rings. The molecule has 0 spiro atoms. The molecule has 0 N–H and O–H groups in total. The molecule has 1 aliphatic rings. The normalized spacial score (nSPS) is 14.3. The minimum atomic E-state index is 0.0280. The van der Waals surface area contributed by atoms with Crippen molar-refractivity contribution in [1.82, 2.24) is 0 Å². The third-order valence-electron chi connectivity index (χ3n) is 4.89. The molecule has 4 rings (SSSR count). The molecule has 1 aliphatic heterocycles. The summed E-state index contributed by atoms with van der Waals surface area (Å²) in [5.41, 5.74) is 2.60. The second kappa shape index (κ2) is 7.51. The lowest BCUT2D eigenvalue weighted by molar-refractivity contribution is 0.102. The van der Waals surface area contributed by atoms with Crippen LogP contribution in [0.5, 0.6) is 0 Å². The van der Waals surface area contributed by atoms with Crippen molar-refractivity contribution >= 4 is 38.6 Å². The number of rotatable bonds is 4. The van der Waals surface area contributed by atoms with E-state index in [1.54, 1.807) is 6.92 Å². The van der Waals surface area contributed by atoms with Crippen LogP contribution in [0.1, 0.15) is 27.7 Å². The zero-order valence-corrected chi connectivity index (χ0v) is 16.0. The van der Waals surface area contributed by atoms with E-state index in [0.717, 1.165) is 29.2 Å². The highest BCUT2D eigenvalue weighted by Gasteiger charge is 2.25. The number of hydrogen-bond donors (Lipinski definition) is 0. The Morgan fingerprint density at radius 3 is 2.63 bits per heavy atom. The van der Waals surface area contributed by atoms with Gasteiger partial charge in [0.25, 0.3) is 0 Å². The Balaban J connectivity index is 1.76. The quantitative estimate of drug-likeness (QED) is 0.470. The van der Waals surface area contributed by atoms with Gasteiger partial charge in [0.15, 0.2) is 5.78 Å². The number of carbonyl (C=O) groups is 1. The summed E-state index contributed by atoms with van der Waals surface area (Å²) in [4.78, 5) is 19.0. The van der Waals surface area contributed by atoms with Crippen LogP contribution >= 0.6 is 11.3 Å². The van der Waals surface area contributed by atoms with E-state index in [4.69, 9.17) is 11.3 Å². The first-order valence-corrected chi connectivity index (χ1v) is 9.83. The Morgan fingerprint density at radius 2 is 1.93 bits per heavy atom. The van der Waals surface area contributed by atoms with Gasteiger partial charge < -0.3 is 9.64 Å². The van der Waals surface area contributed by atoms with Crippen molar-refractivity contribution in [2.45, 2.75) is 13.3 Å². The summed E-state index contributed by atoms with van der Waals surface area (Å²) in [5.74, 6) is 0.0280. The first-order valence-electron chi connectivity index (χ1n) is 9.02. The third kappa shape index (κ3) is 3.46. The van der Waals surface area contributed by atoms with Gasteiger partial charge in [0.1, 0.15) is 0 Å². The Kier molecular flexibility index (Phi) is 4.93. The maximum absolute atomic E-state index is 12.3. The molecule has 0 aliphatic carbocycles. The smallest absolute Gasteiger partial charge is 0.224 e. The van der Waals surface area contributed by atoms with Crippen LogP contribution < -0.4 is 4.90 Å². The summed E-state index contributed by atoms with van der Waals surface area (Å²) in [6.07, 6.45) is 0.596. The van der Waals surface area contributed by atoms with E-state index in [1.807, 2.05) is 12.1 Å². The highest BCUT2D eigenvalue weighted by atomic mass is 32.1. The van der Waals surface area contributed by atoms with Crippen LogP contribution in [0.3, 0.4) is 0 Å². The number of ketones is 1. The van der Waals surface area contributed by atoms with Gasteiger partial charge in [-0.2, -0.15) is 0 Å². The summed E-state index contributed by atoms with van der Waals surface area (Å²) in [6.45, 7) is 12.2. The zero-order valence-electron chi connectivity index (χ0n) is 15.2. The SMILES string of the molecule is [C-]#[N+]c1c(N2CCOCC2)sc(C(C)=O)c1Cc1ccc2ccccc2c1. The Hall–Kier alpha value is -2.68. The second-order valence-electron chi connectivity index (χ2n) is 6.69. The molecule has 0 amide bonds. The van der Waals surface area contributed by atoms with Crippen molar-refractivity contribution in [3.8, 4) is 0 Å². The summed E-state index contributed by atoms with van der Waals surface area (Å²) < 4.78 is 5.43. The molecule has 136 valence electrons. The largest absolute Gasteiger partial charge is 0.378 e. The van der Waals surface area contributed by atoms with E-state index < -0.39 is 0 Å². The van der Waals surface area contributed by atoms with E-state index in [-0.39, 0.29) is 5.78 Å². The van der Waals surface area contributed by atoms with E-state index in [1.165, 1.54) is 22.1 Å². The fraction of sp³-hybridized carbons (Fsp3) is 0.273. The number of benzene rings is 2. The summed E-state index contributed by atoms with van der Waals surface area (Å²) >= 11 is 1.46. The lowest BCUT2D eigenvalue weighted by Gasteiger charge is -2.28. The third-order valence-corrected chi connectivity index (χ3v) is 6.27. The maximum Gasteiger partial charge on any atom is 0.224 e. The van der Waals surface area contributed by atoms with Gasteiger partial charge in [0, 0.05) is 13.1 Å². The molecule has 1 saturated heterocycles. The number of ether oxygens (including phenoxy) is 1. The summed E-state index contributed by atoms with van der Waals surface area (Å²) in [5, 5.41) is 3.28. The highest BCUT2D eigenvalue weighted by Crippen LogP contribution is 2.44. The molecule has 1 aromatic heterocycles. The molecule has 0 bridgehead atoms. The maximum atomic E-state index is 12.3. The number of anilines is 1. The van der Waals surface area contributed by atoms with Gasteiger partial charge in [0.2, 0.25) is 5.69 Å². The van der Waals surface area contributed by atoms with E-state index >= 15 is 0 Å². The van der Waals surface area contributed by atoms with Crippen LogP contribution in [0, 0.1) is 6.57 Å². The van der Waals surface area contributed by atoms with Crippen LogP contribution in [-0.4, -0.2) is 32.1 Å². The molecular formula is C22H20N2O2S. The molecule has 0 radical (unpaired) electrons. The average Bonchev–Trinajstić information content (AvgIpc) is 3.07. The minimum absolute atomic E-state index is 0.0280. The predicted molar refractivity (Wildman–Crippen MR) is 110 cm³/mol. The van der Waals surface area contributed by atoms with Crippen molar-refractivity contribution in [2.75, 3.05) is 31.2 Å². The lowest BCUT2D eigenvalue weighted by Crippen LogP contribution is -2.35. The topological polar surface area (TPSA) is 33.9 Å². The number of thiophene rings is 1. The number of fused-ring (bicyclic) bond motifs is 1. The Labute approximate surface area is 162 Å². The van der Waals surface area contributed by atoms with Crippen molar-refractivity contribution in [2.24, 2.45) is 0 Å². The van der Waals surface area contributed by atoms with Crippen LogP contribution in [0.15, 0.2) is 42.5 Å². The van der Waals surface area contributed by atoms with Crippen molar-refractivity contribution < 1.29 is 9.53 Å². The number of morpholine rings is 1. The monoisotopic (exact) mass is 376 g/mol. The molecule has 27 heavy (non-hydrogen) atoms. The van der Waals surface area contributed by atoms with Crippen LogP contribution in [0.2, 0.25) is 0 Å². The predicted octanol–water partition coefficient (Wildman–Crippen LogP) is 5.08. The molecule has 4 nitrogen and oxygen atoms in total. The van der Waals surface area contributed by atoms with Gasteiger partial charge in [-0.3, -0.25) is 4.79 Å². The zero-order chi connectivity index (χ0) is 18.8. The Bertz CT molecular complexity index is 1040. The van der Waals surface area contributed by atoms with E-state index in [0.29, 0.717) is 30.2 Å². The van der Waals surface area contributed by atoms with Crippen molar-refractivity contribution in [3.63, 3.8) is 0 Å². The first-order chi connectivity index (χ1) is 13.2. The summed E-state index contributed by atoms with van der Waals surface area (Å²) in [6, 6.07) is 14.6. The Morgan fingerprint density at radius 1 is 1.19 bits per heavy atom. The lowest BCUT2D eigenvalue weighted by atomic mass is 10.00. The standard InChI is InChI=1S/C22H20N2O2S/c1-15(25)21-19(14-16-7-8-17-5-3-4-6-18(17)13-16)20(23-2)22(27-21)24-9-11-26-12-10-24/h3-8,13H,9-12,14H2,1H3. The molecular weight excluding hydrogens is 356 g/mol. The fourth-order valence-electron chi connectivity index (χ4n) is 3.54. The average molecular weight is 376 g/mol. The minimum Gasteiger partial charge on any atom is -0.378 e. The number of Topliss-reactive ketones (excluding diaryl/α,β-unsaturated/α-hetero) is 1. The van der Waals surface area contributed by atoms with Gasteiger partial charge in [-0.15, -0.1) is 11.3 Å². The van der Waals surface area contributed by atoms with Gasteiger partial charge in [-0.25, -0.2) is 4.85 Å². The number of carbonyl (C=O) groups excluding carboxylic acids is 1. The molecule has 3 aromatic rings. The van der Waals surface area contributed by atoms with Crippen LogP contribution in [0.25, 0.3) is 15.6 Å². The second-order valence-corrected chi connectivity index (χ2v) is 7.69. The van der Waals surface area contributed by atoms with Gasteiger partial charge in [-0.1, -0.05) is 42.5 Å². The molecule has 2 heterocycles. The molecule has 0 atom stereocenters. The van der Waals surface area contributed by atoms with Crippen LogP contribution in [-0.2, 0) is 11.2 Å². The number of nitrogens with zero attached hydrogens (tertiary/aromatic N) is 2. The van der Waals surface area contributed by atoms with Crippen molar-refractivity contribution in [3.05, 3.63) is 69.9 Å². The molecule has 0 unspecified atom stereocenters. The summed E-state index contributed by atoms with van der Waals surface area (Å²) in [7, 11) is 0. The first kappa shape index (κ1) is 17.7. The molecule has 0 saturated carbocycles.